The van der Waals surface area contributed by atoms with Crippen molar-refractivity contribution < 1.29 is 9.21 Å². The van der Waals surface area contributed by atoms with Crippen LogP contribution in [0, 0.1) is 17.8 Å². The van der Waals surface area contributed by atoms with Crippen LogP contribution in [-0.2, 0) is 11.2 Å². The highest BCUT2D eigenvalue weighted by atomic mass is 16.3. The lowest BCUT2D eigenvalue weighted by Gasteiger charge is -2.00. The summed E-state index contributed by atoms with van der Waals surface area (Å²) in [6.45, 7) is 2.60. The van der Waals surface area contributed by atoms with E-state index < -0.39 is 0 Å². The molecule has 1 aromatic heterocycles. The molecular weight excluding hydrogens is 286 g/mol. The predicted molar refractivity (Wildman–Crippen MR) is 89.9 cm³/mol. The minimum atomic E-state index is 0.00472. The Balaban J connectivity index is 1.38. The second-order valence-corrected chi connectivity index (χ2v) is 6.07. The van der Waals surface area contributed by atoms with Gasteiger partial charge in [-0.1, -0.05) is 37.0 Å². The molecule has 1 amide bonds. The third-order valence-corrected chi connectivity index (χ3v) is 4.14. The summed E-state index contributed by atoms with van der Waals surface area (Å²) in [6.07, 6.45) is 2.28. The van der Waals surface area contributed by atoms with Gasteiger partial charge in [-0.2, -0.15) is 0 Å². The topological polar surface area (TPSA) is 42.2 Å². The van der Waals surface area contributed by atoms with E-state index in [1.54, 1.807) is 0 Å². The maximum absolute atomic E-state index is 11.8. The Bertz CT molecular complexity index is 721. The predicted octanol–water partition coefficient (Wildman–Crippen LogP) is 3.50. The molecule has 0 radical (unpaired) electrons. The van der Waals surface area contributed by atoms with Gasteiger partial charge in [0.15, 0.2) is 0 Å². The molecule has 1 N–H and O–H groups in total. The second kappa shape index (κ2) is 7.19. The third kappa shape index (κ3) is 4.50. The zero-order valence-electron chi connectivity index (χ0n) is 13.3. The average molecular weight is 307 g/mol. The van der Waals surface area contributed by atoms with Crippen molar-refractivity contribution in [3.63, 3.8) is 0 Å². The first-order chi connectivity index (χ1) is 11.2. The van der Waals surface area contributed by atoms with E-state index in [0.717, 1.165) is 23.0 Å². The SMILES string of the molecule is C[C@@H]1C[C@@H]1c1ccc(CCC(=O)NCC#Cc2ccccc2)o1. The number of hydrogen-bond acceptors (Lipinski definition) is 2. The van der Waals surface area contributed by atoms with Crippen molar-refractivity contribution in [1.29, 1.82) is 0 Å². The van der Waals surface area contributed by atoms with Crippen LogP contribution in [0.5, 0.6) is 0 Å². The summed E-state index contributed by atoms with van der Waals surface area (Å²) in [4.78, 5) is 11.8. The summed E-state index contributed by atoms with van der Waals surface area (Å²) in [5.41, 5.74) is 0.958. The van der Waals surface area contributed by atoms with E-state index in [4.69, 9.17) is 4.42 Å². The van der Waals surface area contributed by atoms with Gasteiger partial charge in [0.25, 0.3) is 0 Å². The van der Waals surface area contributed by atoms with Gasteiger partial charge in [-0.15, -0.1) is 0 Å². The van der Waals surface area contributed by atoms with E-state index in [1.807, 2.05) is 42.5 Å². The molecule has 1 aliphatic rings. The van der Waals surface area contributed by atoms with Crippen molar-refractivity contribution in [1.82, 2.24) is 5.32 Å². The number of carbonyl (C=O) groups excluding carboxylic acids is 1. The molecule has 0 spiro atoms. The van der Waals surface area contributed by atoms with Gasteiger partial charge in [0, 0.05) is 24.3 Å². The number of nitrogens with one attached hydrogen (secondary N) is 1. The van der Waals surface area contributed by atoms with Crippen LogP contribution in [0.4, 0.5) is 0 Å². The lowest BCUT2D eigenvalue weighted by molar-refractivity contribution is -0.120. The fraction of sp³-hybridized carbons (Fsp3) is 0.350. The van der Waals surface area contributed by atoms with E-state index in [-0.39, 0.29) is 5.91 Å². The van der Waals surface area contributed by atoms with Crippen LogP contribution in [0.15, 0.2) is 46.9 Å². The highest BCUT2D eigenvalue weighted by Gasteiger charge is 2.36. The maximum Gasteiger partial charge on any atom is 0.221 e. The molecule has 3 heteroatoms. The van der Waals surface area contributed by atoms with Crippen molar-refractivity contribution in [2.45, 2.75) is 32.1 Å². The molecule has 0 unspecified atom stereocenters. The zero-order valence-corrected chi connectivity index (χ0v) is 13.3. The van der Waals surface area contributed by atoms with Crippen molar-refractivity contribution in [2.75, 3.05) is 6.54 Å². The Kier molecular flexibility index (Phi) is 4.83. The highest BCUT2D eigenvalue weighted by Crippen LogP contribution is 2.47. The number of hydrogen-bond donors (Lipinski definition) is 1. The lowest BCUT2D eigenvalue weighted by Crippen LogP contribution is -2.23. The molecule has 1 fully saturated rings. The molecule has 0 aliphatic heterocycles. The van der Waals surface area contributed by atoms with Crippen LogP contribution < -0.4 is 5.32 Å². The first-order valence-electron chi connectivity index (χ1n) is 8.11. The highest BCUT2D eigenvalue weighted by molar-refractivity contribution is 5.76. The van der Waals surface area contributed by atoms with Gasteiger partial charge in [0.1, 0.15) is 11.5 Å². The molecule has 3 rings (SSSR count). The van der Waals surface area contributed by atoms with E-state index in [9.17, 15) is 4.79 Å². The van der Waals surface area contributed by atoms with E-state index in [1.165, 1.54) is 6.42 Å². The molecule has 2 atom stereocenters. The normalized spacial score (nSPS) is 18.8. The van der Waals surface area contributed by atoms with E-state index in [2.05, 4.69) is 24.1 Å². The fourth-order valence-electron chi connectivity index (χ4n) is 2.58. The average Bonchev–Trinajstić information content (AvgIpc) is 3.11. The van der Waals surface area contributed by atoms with Crippen LogP contribution in [0.1, 0.15) is 42.8 Å². The van der Waals surface area contributed by atoms with Crippen LogP contribution in [0.25, 0.3) is 0 Å². The Morgan fingerprint density at radius 1 is 1.26 bits per heavy atom. The van der Waals surface area contributed by atoms with Crippen molar-refractivity contribution in [2.24, 2.45) is 5.92 Å². The molecule has 1 aliphatic carbocycles. The van der Waals surface area contributed by atoms with Gasteiger partial charge in [-0.05, 0) is 36.6 Å². The van der Waals surface area contributed by atoms with Crippen LogP contribution in [0.3, 0.4) is 0 Å². The molecule has 1 heterocycles. The Morgan fingerprint density at radius 3 is 2.78 bits per heavy atom. The summed E-state index contributed by atoms with van der Waals surface area (Å²) in [5, 5.41) is 2.82. The minimum absolute atomic E-state index is 0.00472. The van der Waals surface area contributed by atoms with Crippen LogP contribution >= 0.6 is 0 Å². The summed E-state index contributed by atoms with van der Waals surface area (Å²) in [7, 11) is 0. The maximum atomic E-state index is 11.8. The molecule has 0 saturated heterocycles. The monoisotopic (exact) mass is 307 g/mol. The number of carbonyl (C=O) groups is 1. The fourth-order valence-corrected chi connectivity index (χ4v) is 2.58. The lowest BCUT2D eigenvalue weighted by atomic mass is 10.2. The third-order valence-electron chi connectivity index (χ3n) is 4.14. The Morgan fingerprint density at radius 2 is 2.04 bits per heavy atom. The first-order valence-corrected chi connectivity index (χ1v) is 8.11. The number of benzene rings is 1. The van der Waals surface area contributed by atoms with Crippen molar-refractivity contribution in [3.8, 4) is 11.8 Å². The summed E-state index contributed by atoms with van der Waals surface area (Å²) < 4.78 is 5.80. The quantitative estimate of drug-likeness (QED) is 0.859. The molecule has 0 bridgehead atoms. The minimum Gasteiger partial charge on any atom is -0.466 e. The molecular formula is C20H21NO2. The second-order valence-electron chi connectivity index (χ2n) is 6.07. The standard InChI is InChI=1S/C20H21NO2/c1-15-14-18(15)19-11-9-17(23-19)10-12-20(22)21-13-5-8-16-6-3-2-4-7-16/h2-4,6-7,9,11,15,18H,10,12-14H2,1H3,(H,21,22)/t15-,18+/m1/s1. The number of aryl methyl sites for hydroxylation is 1. The Labute approximate surface area is 137 Å². The van der Waals surface area contributed by atoms with Gasteiger partial charge in [-0.3, -0.25) is 4.79 Å². The van der Waals surface area contributed by atoms with Gasteiger partial charge >= 0.3 is 0 Å². The molecule has 118 valence electrons. The molecule has 1 aromatic carbocycles. The Hall–Kier alpha value is -2.47. The van der Waals surface area contributed by atoms with Gasteiger partial charge < -0.3 is 9.73 Å². The van der Waals surface area contributed by atoms with Crippen molar-refractivity contribution in [3.05, 3.63) is 59.5 Å². The van der Waals surface area contributed by atoms with E-state index >= 15 is 0 Å². The van der Waals surface area contributed by atoms with Crippen molar-refractivity contribution >= 4 is 5.91 Å². The summed E-state index contributed by atoms with van der Waals surface area (Å²) >= 11 is 0. The molecule has 2 aromatic rings. The smallest absolute Gasteiger partial charge is 0.221 e. The zero-order chi connectivity index (χ0) is 16.1. The van der Waals surface area contributed by atoms with Crippen LogP contribution in [-0.4, -0.2) is 12.5 Å². The number of furan rings is 1. The molecule has 1 saturated carbocycles. The van der Waals surface area contributed by atoms with Gasteiger partial charge in [0.05, 0.1) is 6.54 Å². The largest absolute Gasteiger partial charge is 0.466 e. The summed E-state index contributed by atoms with van der Waals surface area (Å²) in [6, 6.07) is 13.8. The number of rotatable bonds is 5. The van der Waals surface area contributed by atoms with Crippen LogP contribution in [0.2, 0.25) is 0 Å². The number of amides is 1. The first kappa shape index (κ1) is 15.4. The molecule has 3 nitrogen and oxygen atoms in total. The van der Waals surface area contributed by atoms with Gasteiger partial charge in [0.2, 0.25) is 5.91 Å². The molecule has 23 heavy (non-hydrogen) atoms. The van der Waals surface area contributed by atoms with E-state index in [0.29, 0.717) is 25.3 Å². The summed E-state index contributed by atoms with van der Waals surface area (Å²) in [5.74, 6) is 9.27. The van der Waals surface area contributed by atoms with Gasteiger partial charge in [-0.25, -0.2) is 0 Å².